The van der Waals surface area contributed by atoms with Gasteiger partial charge in [0.15, 0.2) is 0 Å². The Balaban J connectivity index is 1.91. The van der Waals surface area contributed by atoms with Crippen LogP contribution in [-0.2, 0) is 0 Å². The van der Waals surface area contributed by atoms with E-state index in [9.17, 15) is 0 Å². The molecule has 0 amide bonds. The molecule has 2 atom stereocenters. The quantitative estimate of drug-likeness (QED) is 0.795. The normalized spacial score (nSPS) is 29.5. The number of nitrogens with zero attached hydrogens (tertiary/aromatic N) is 1. The van der Waals surface area contributed by atoms with Gasteiger partial charge in [0.05, 0.1) is 0 Å². The largest absolute Gasteiger partial charge is 0.371 e. The molecule has 1 aliphatic carbocycles. The summed E-state index contributed by atoms with van der Waals surface area (Å²) in [4.78, 5) is 2.51. The van der Waals surface area contributed by atoms with E-state index in [0.717, 1.165) is 0 Å². The van der Waals surface area contributed by atoms with Gasteiger partial charge in [-0.1, -0.05) is 18.2 Å². The van der Waals surface area contributed by atoms with E-state index in [0.29, 0.717) is 12.0 Å². The number of rotatable bonds is 2. The van der Waals surface area contributed by atoms with Crippen molar-refractivity contribution in [2.75, 3.05) is 18.0 Å². The van der Waals surface area contributed by atoms with Crippen LogP contribution in [0.1, 0.15) is 30.7 Å². The van der Waals surface area contributed by atoms with E-state index in [2.05, 4.69) is 29.2 Å². The summed E-state index contributed by atoms with van der Waals surface area (Å²) in [6.45, 7) is 2.44. The fourth-order valence-corrected chi connectivity index (χ4v) is 2.62. The zero-order valence-corrected chi connectivity index (χ0v) is 9.02. The summed E-state index contributed by atoms with van der Waals surface area (Å²) in [7, 11) is 0. The van der Waals surface area contributed by atoms with Gasteiger partial charge in [0.1, 0.15) is 0 Å². The lowest BCUT2D eigenvalue weighted by Gasteiger charge is -2.21. The van der Waals surface area contributed by atoms with Gasteiger partial charge in [0.2, 0.25) is 0 Å². The third-order valence-corrected chi connectivity index (χ3v) is 3.62. The maximum Gasteiger partial charge on any atom is 0.0402 e. The maximum atomic E-state index is 5.95. The van der Waals surface area contributed by atoms with Crippen LogP contribution in [0.15, 0.2) is 24.3 Å². The second-order valence-corrected chi connectivity index (χ2v) is 4.76. The highest BCUT2D eigenvalue weighted by Crippen LogP contribution is 2.43. The lowest BCUT2D eigenvalue weighted by Crippen LogP contribution is -2.19. The van der Waals surface area contributed by atoms with Gasteiger partial charge in [-0.2, -0.15) is 0 Å². The summed E-state index contributed by atoms with van der Waals surface area (Å²) in [6.07, 6.45) is 3.85. The van der Waals surface area contributed by atoms with Gasteiger partial charge in [-0.05, 0) is 30.9 Å². The number of hydrogen-bond acceptors (Lipinski definition) is 2. The second-order valence-electron chi connectivity index (χ2n) is 4.76. The first kappa shape index (κ1) is 9.22. The van der Waals surface area contributed by atoms with Crippen molar-refractivity contribution in [1.29, 1.82) is 0 Å². The molecule has 2 N–H and O–H groups in total. The Morgan fingerprint density at radius 1 is 1.13 bits per heavy atom. The van der Waals surface area contributed by atoms with Crippen molar-refractivity contribution in [3.63, 3.8) is 0 Å². The molecule has 1 aromatic rings. The van der Waals surface area contributed by atoms with E-state index in [1.165, 1.54) is 43.6 Å². The minimum absolute atomic E-state index is 0.411. The van der Waals surface area contributed by atoms with E-state index in [1.807, 2.05) is 0 Å². The summed E-state index contributed by atoms with van der Waals surface area (Å²) >= 11 is 0. The van der Waals surface area contributed by atoms with Crippen molar-refractivity contribution in [3.8, 4) is 0 Å². The summed E-state index contributed by atoms with van der Waals surface area (Å²) in [5.74, 6) is 0.627. The van der Waals surface area contributed by atoms with Crippen LogP contribution in [0, 0.1) is 0 Å². The van der Waals surface area contributed by atoms with Gasteiger partial charge < -0.3 is 10.6 Å². The van der Waals surface area contributed by atoms with Crippen molar-refractivity contribution in [2.45, 2.75) is 31.2 Å². The van der Waals surface area contributed by atoms with Crippen molar-refractivity contribution in [2.24, 2.45) is 5.73 Å². The molecule has 1 aromatic carbocycles. The molecule has 2 heteroatoms. The molecule has 2 fully saturated rings. The molecule has 0 bridgehead atoms. The number of anilines is 1. The highest BCUT2D eigenvalue weighted by Gasteiger charge is 2.37. The summed E-state index contributed by atoms with van der Waals surface area (Å²) in [5, 5.41) is 0. The first-order valence-corrected chi connectivity index (χ1v) is 5.96. The smallest absolute Gasteiger partial charge is 0.0402 e. The molecule has 1 saturated carbocycles. The molecule has 0 radical (unpaired) electrons. The van der Waals surface area contributed by atoms with Crippen LogP contribution in [0.2, 0.25) is 0 Å². The Kier molecular flexibility index (Phi) is 2.17. The Morgan fingerprint density at radius 3 is 2.47 bits per heavy atom. The first-order chi connectivity index (χ1) is 7.36. The van der Waals surface area contributed by atoms with E-state index >= 15 is 0 Å². The third kappa shape index (κ3) is 1.63. The molecule has 2 aliphatic rings. The lowest BCUT2D eigenvalue weighted by molar-refractivity contribution is 0.928. The van der Waals surface area contributed by atoms with Crippen LogP contribution in [0.25, 0.3) is 0 Å². The second kappa shape index (κ2) is 3.53. The van der Waals surface area contributed by atoms with E-state index in [-0.39, 0.29) is 0 Å². The molecule has 80 valence electrons. The number of benzene rings is 1. The van der Waals surface area contributed by atoms with Gasteiger partial charge >= 0.3 is 0 Å². The van der Waals surface area contributed by atoms with Crippen molar-refractivity contribution >= 4 is 5.69 Å². The van der Waals surface area contributed by atoms with Gasteiger partial charge in [-0.25, -0.2) is 0 Å². The van der Waals surface area contributed by atoms with E-state index < -0.39 is 0 Å². The molecular formula is C13H18N2. The molecule has 1 heterocycles. The topological polar surface area (TPSA) is 29.3 Å². The van der Waals surface area contributed by atoms with Gasteiger partial charge in [-0.3, -0.25) is 0 Å². The molecule has 1 aliphatic heterocycles. The fraction of sp³-hybridized carbons (Fsp3) is 0.538. The highest BCUT2D eigenvalue weighted by atomic mass is 15.1. The highest BCUT2D eigenvalue weighted by molar-refractivity contribution is 5.57. The Hall–Kier alpha value is -1.02. The van der Waals surface area contributed by atoms with Crippen LogP contribution in [0.4, 0.5) is 5.69 Å². The lowest BCUT2D eigenvalue weighted by atomic mass is 10.1. The van der Waals surface area contributed by atoms with Gasteiger partial charge in [0.25, 0.3) is 0 Å². The van der Waals surface area contributed by atoms with Gasteiger partial charge in [-0.15, -0.1) is 0 Å². The fourth-order valence-electron chi connectivity index (χ4n) is 2.62. The monoisotopic (exact) mass is 202 g/mol. The summed E-state index contributed by atoms with van der Waals surface area (Å²) in [6, 6.07) is 9.20. The predicted molar refractivity (Wildman–Crippen MR) is 63.2 cm³/mol. The predicted octanol–water partition coefficient (Wildman–Crippen LogP) is 2.10. The van der Waals surface area contributed by atoms with Crippen molar-refractivity contribution in [3.05, 3.63) is 29.8 Å². The maximum absolute atomic E-state index is 5.95. The standard InChI is InChI=1S/C13H18N2/c14-12-9-11(12)10-5-1-2-6-13(10)15-7-3-4-8-15/h1-2,5-6,11-12H,3-4,7-9,14H2. The molecule has 15 heavy (non-hydrogen) atoms. The first-order valence-electron chi connectivity index (χ1n) is 5.96. The van der Waals surface area contributed by atoms with Crippen molar-refractivity contribution in [1.82, 2.24) is 0 Å². The molecule has 3 rings (SSSR count). The average molecular weight is 202 g/mol. The molecule has 2 nitrogen and oxygen atoms in total. The number of para-hydroxylation sites is 1. The van der Waals surface area contributed by atoms with E-state index in [1.54, 1.807) is 0 Å². The van der Waals surface area contributed by atoms with Crippen LogP contribution in [-0.4, -0.2) is 19.1 Å². The van der Waals surface area contributed by atoms with Crippen LogP contribution < -0.4 is 10.6 Å². The zero-order valence-electron chi connectivity index (χ0n) is 9.02. The molecule has 0 spiro atoms. The van der Waals surface area contributed by atoms with Gasteiger partial charge in [0, 0.05) is 30.7 Å². The summed E-state index contributed by atoms with van der Waals surface area (Å²) in [5.41, 5.74) is 8.86. The third-order valence-electron chi connectivity index (χ3n) is 3.62. The Bertz CT molecular complexity index is 355. The Morgan fingerprint density at radius 2 is 1.80 bits per heavy atom. The Labute approximate surface area is 91.1 Å². The minimum atomic E-state index is 0.411. The minimum Gasteiger partial charge on any atom is -0.371 e. The zero-order chi connectivity index (χ0) is 10.3. The van der Waals surface area contributed by atoms with Crippen LogP contribution in [0.5, 0.6) is 0 Å². The molecular weight excluding hydrogens is 184 g/mol. The van der Waals surface area contributed by atoms with Crippen molar-refractivity contribution < 1.29 is 0 Å². The van der Waals surface area contributed by atoms with E-state index in [4.69, 9.17) is 5.73 Å². The number of nitrogens with two attached hydrogens (primary N) is 1. The molecule has 1 saturated heterocycles. The average Bonchev–Trinajstić information content (AvgIpc) is 2.81. The number of hydrogen-bond donors (Lipinski definition) is 1. The SMILES string of the molecule is NC1CC1c1ccccc1N1CCCC1. The van der Waals surface area contributed by atoms with Crippen LogP contribution >= 0.6 is 0 Å². The molecule has 2 unspecified atom stereocenters. The summed E-state index contributed by atoms with van der Waals surface area (Å²) < 4.78 is 0. The van der Waals surface area contributed by atoms with Crippen LogP contribution in [0.3, 0.4) is 0 Å². The molecule has 0 aromatic heterocycles.